The van der Waals surface area contributed by atoms with E-state index in [0.717, 1.165) is 0 Å². The monoisotopic (exact) mass is 279 g/mol. The molecule has 0 bridgehead atoms. The molecule has 0 saturated heterocycles. The lowest BCUT2D eigenvalue weighted by molar-refractivity contribution is 0.252. The van der Waals surface area contributed by atoms with Gasteiger partial charge in [-0.25, -0.2) is 10.2 Å². The Morgan fingerprint density at radius 2 is 1.70 bits per heavy atom. The van der Waals surface area contributed by atoms with Crippen LogP contribution < -0.4 is 20.2 Å². The van der Waals surface area contributed by atoms with E-state index in [1.165, 1.54) is 0 Å². The number of amides is 2. The first kappa shape index (κ1) is 15.8. The summed E-state index contributed by atoms with van der Waals surface area (Å²) in [5.74, 6) is 1.19. The van der Waals surface area contributed by atoms with Gasteiger partial charge in [-0.3, -0.25) is 0 Å². The van der Waals surface area contributed by atoms with Gasteiger partial charge in [-0.2, -0.15) is 5.10 Å². The van der Waals surface area contributed by atoms with Crippen LogP contribution in [0.25, 0.3) is 0 Å². The molecule has 0 aliphatic heterocycles. The Labute approximate surface area is 119 Å². The Balaban J connectivity index is 2.68. The highest BCUT2D eigenvalue weighted by atomic mass is 16.5. The number of benzene rings is 1. The number of methoxy groups -OCH3 is 2. The molecule has 0 atom stereocenters. The Bertz CT molecular complexity index is 471. The molecule has 2 N–H and O–H groups in total. The van der Waals surface area contributed by atoms with Gasteiger partial charge in [-0.05, 0) is 5.41 Å². The van der Waals surface area contributed by atoms with Gasteiger partial charge in [0.25, 0.3) is 0 Å². The number of ether oxygens (including phenoxy) is 2. The molecule has 0 spiro atoms. The fraction of sp³-hybridized carbons (Fsp3) is 0.429. The van der Waals surface area contributed by atoms with Crippen molar-refractivity contribution in [2.24, 2.45) is 10.5 Å². The van der Waals surface area contributed by atoms with E-state index in [1.54, 1.807) is 38.6 Å². The minimum Gasteiger partial charge on any atom is -0.497 e. The van der Waals surface area contributed by atoms with Crippen molar-refractivity contribution in [3.8, 4) is 11.5 Å². The van der Waals surface area contributed by atoms with Gasteiger partial charge in [-0.1, -0.05) is 20.8 Å². The second-order valence-electron chi connectivity index (χ2n) is 5.29. The van der Waals surface area contributed by atoms with Gasteiger partial charge >= 0.3 is 6.03 Å². The maximum atomic E-state index is 11.7. The molecule has 0 aromatic heterocycles. The van der Waals surface area contributed by atoms with E-state index < -0.39 is 6.03 Å². The first-order chi connectivity index (χ1) is 9.34. The molecule has 0 fully saturated rings. The molecule has 0 heterocycles. The SMILES string of the molecule is COc1cc(NC(=O)N/N=C/C(C)(C)C)cc(OC)c1. The zero-order valence-electron chi connectivity index (χ0n) is 12.5. The summed E-state index contributed by atoms with van der Waals surface area (Å²) in [4.78, 5) is 11.7. The second kappa shape index (κ2) is 6.79. The lowest BCUT2D eigenvalue weighted by Gasteiger charge is -2.11. The van der Waals surface area contributed by atoms with Gasteiger partial charge in [0.05, 0.1) is 14.2 Å². The fourth-order valence-electron chi connectivity index (χ4n) is 1.32. The number of carbonyl (C=O) groups is 1. The van der Waals surface area contributed by atoms with Crippen LogP contribution in [0.4, 0.5) is 10.5 Å². The van der Waals surface area contributed by atoms with Crippen molar-refractivity contribution in [2.45, 2.75) is 20.8 Å². The van der Waals surface area contributed by atoms with Gasteiger partial charge < -0.3 is 14.8 Å². The normalized spacial score (nSPS) is 11.2. The molecule has 1 rings (SSSR count). The third-order valence-electron chi connectivity index (χ3n) is 2.23. The number of hydrogen-bond acceptors (Lipinski definition) is 4. The van der Waals surface area contributed by atoms with Crippen LogP contribution in [-0.4, -0.2) is 26.5 Å². The van der Waals surface area contributed by atoms with E-state index >= 15 is 0 Å². The lowest BCUT2D eigenvalue weighted by atomic mass is 9.99. The van der Waals surface area contributed by atoms with E-state index in [1.807, 2.05) is 20.8 Å². The molecule has 2 amide bonds. The summed E-state index contributed by atoms with van der Waals surface area (Å²) in [5, 5.41) is 6.53. The van der Waals surface area contributed by atoms with E-state index in [9.17, 15) is 4.79 Å². The van der Waals surface area contributed by atoms with Crippen LogP contribution in [0.5, 0.6) is 11.5 Å². The maximum Gasteiger partial charge on any atom is 0.339 e. The van der Waals surface area contributed by atoms with Gasteiger partial charge in [0.15, 0.2) is 0 Å². The van der Waals surface area contributed by atoms with Crippen molar-refractivity contribution in [3.05, 3.63) is 18.2 Å². The summed E-state index contributed by atoms with van der Waals surface area (Å²) in [6.07, 6.45) is 1.67. The van der Waals surface area contributed by atoms with Crippen LogP contribution in [0, 0.1) is 5.41 Å². The average molecular weight is 279 g/mol. The van der Waals surface area contributed by atoms with Crippen LogP contribution in [0.15, 0.2) is 23.3 Å². The van der Waals surface area contributed by atoms with Gasteiger partial charge in [-0.15, -0.1) is 0 Å². The number of nitrogens with zero attached hydrogens (tertiary/aromatic N) is 1. The molecule has 1 aromatic rings. The number of anilines is 1. The number of carbonyl (C=O) groups excluding carboxylic acids is 1. The molecular weight excluding hydrogens is 258 g/mol. The number of urea groups is 1. The Morgan fingerprint density at radius 3 is 2.15 bits per heavy atom. The summed E-state index contributed by atoms with van der Waals surface area (Å²) in [7, 11) is 3.10. The number of rotatable bonds is 4. The molecule has 6 nitrogen and oxygen atoms in total. The zero-order valence-corrected chi connectivity index (χ0v) is 12.5. The highest BCUT2D eigenvalue weighted by molar-refractivity contribution is 5.90. The molecule has 0 saturated carbocycles. The molecule has 1 aromatic carbocycles. The van der Waals surface area contributed by atoms with Gasteiger partial charge in [0, 0.05) is 30.1 Å². The van der Waals surface area contributed by atoms with E-state index in [0.29, 0.717) is 17.2 Å². The Kier molecular flexibility index (Phi) is 5.37. The molecule has 20 heavy (non-hydrogen) atoms. The number of hydrazone groups is 1. The van der Waals surface area contributed by atoms with Crippen molar-refractivity contribution in [2.75, 3.05) is 19.5 Å². The summed E-state index contributed by atoms with van der Waals surface area (Å²) in [6, 6.07) is 4.67. The van der Waals surface area contributed by atoms with Gasteiger partial charge in [0.1, 0.15) is 11.5 Å². The summed E-state index contributed by atoms with van der Waals surface area (Å²) in [6.45, 7) is 5.97. The molecule has 0 unspecified atom stereocenters. The highest BCUT2D eigenvalue weighted by Gasteiger charge is 2.07. The molecule has 0 aliphatic carbocycles. The number of hydrogen-bond donors (Lipinski definition) is 2. The maximum absolute atomic E-state index is 11.7. The van der Waals surface area contributed by atoms with Crippen LogP contribution in [0.2, 0.25) is 0 Å². The van der Waals surface area contributed by atoms with Crippen molar-refractivity contribution in [1.29, 1.82) is 0 Å². The summed E-state index contributed by atoms with van der Waals surface area (Å²) >= 11 is 0. The summed E-state index contributed by atoms with van der Waals surface area (Å²) in [5.41, 5.74) is 2.87. The number of nitrogens with one attached hydrogen (secondary N) is 2. The average Bonchev–Trinajstić information content (AvgIpc) is 2.36. The van der Waals surface area contributed by atoms with E-state index in [4.69, 9.17) is 9.47 Å². The molecule has 0 radical (unpaired) electrons. The first-order valence-electron chi connectivity index (χ1n) is 6.18. The quantitative estimate of drug-likeness (QED) is 0.657. The fourth-order valence-corrected chi connectivity index (χ4v) is 1.32. The topological polar surface area (TPSA) is 72.0 Å². The predicted molar refractivity (Wildman–Crippen MR) is 79.6 cm³/mol. The Hall–Kier alpha value is -2.24. The highest BCUT2D eigenvalue weighted by Crippen LogP contribution is 2.25. The second-order valence-corrected chi connectivity index (χ2v) is 5.29. The van der Waals surface area contributed by atoms with Gasteiger partial charge in [0.2, 0.25) is 0 Å². The predicted octanol–water partition coefficient (Wildman–Crippen LogP) is 2.86. The van der Waals surface area contributed by atoms with Crippen LogP contribution in [0.1, 0.15) is 20.8 Å². The molecule has 6 heteroatoms. The van der Waals surface area contributed by atoms with Crippen LogP contribution in [-0.2, 0) is 0 Å². The minimum atomic E-state index is -0.430. The Morgan fingerprint density at radius 1 is 1.15 bits per heavy atom. The van der Waals surface area contributed by atoms with E-state index in [2.05, 4.69) is 15.8 Å². The summed E-state index contributed by atoms with van der Waals surface area (Å²) < 4.78 is 10.2. The van der Waals surface area contributed by atoms with E-state index in [-0.39, 0.29) is 5.41 Å². The molecule has 110 valence electrons. The first-order valence-corrected chi connectivity index (χ1v) is 6.18. The van der Waals surface area contributed by atoms with Crippen molar-refractivity contribution < 1.29 is 14.3 Å². The zero-order chi connectivity index (χ0) is 15.2. The smallest absolute Gasteiger partial charge is 0.339 e. The van der Waals surface area contributed by atoms with Crippen molar-refractivity contribution in [1.82, 2.24) is 5.43 Å². The molecule has 0 aliphatic rings. The standard InChI is InChI=1S/C14H21N3O3/c1-14(2,3)9-15-17-13(18)16-10-6-11(19-4)8-12(7-10)20-5/h6-9H,1-5H3,(H2,16,17,18)/b15-9+. The third-order valence-corrected chi connectivity index (χ3v) is 2.23. The van der Waals surface area contributed by atoms with Crippen LogP contribution >= 0.6 is 0 Å². The van der Waals surface area contributed by atoms with Crippen LogP contribution in [0.3, 0.4) is 0 Å². The van der Waals surface area contributed by atoms with Crippen molar-refractivity contribution >= 4 is 17.9 Å². The lowest BCUT2D eigenvalue weighted by Crippen LogP contribution is -2.25. The largest absolute Gasteiger partial charge is 0.497 e. The minimum absolute atomic E-state index is 0.0908. The third kappa shape index (κ3) is 5.60. The molecular formula is C14H21N3O3. The van der Waals surface area contributed by atoms with Crippen molar-refractivity contribution in [3.63, 3.8) is 0 Å².